The van der Waals surface area contributed by atoms with E-state index >= 15 is 0 Å². The highest BCUT2D eigenvalue weighted by atomic mass is 79.9. The van der Waals surface area contributed by atoms with Crippen LogP contribution in [0, 0.1) is 0 Å². The number of nitrogens with zero attached hydrogens (tertiary/aromatic N) is 4. The van der Waals surface area contributed by atoms with Gasteiger partial charge in [-0.15, -0.1) is 10.2 Å². The maximum Gasteiger partial charge on any atom is 0.250 e. The summed E-state index contributed by atoms with van der Waals surface area (Å²) >= 11 is 4.73. The molecule has 1 N–H and O–H groups in total. The highest BCUT2D eigenvalue weighted by molar-refractivity contribution is 9.10. The summed E-state index contributed by atoms with van der Waals surface area (Å²) in [7, 11) is 6.46. The van der Waals surface area contributed by atoms with Gasteiger partial charge < -0.3 is 18.8 Å². The fourth-order valence-corrected chi connectivity index (χ4v) is 3.94. The summed E-state index contributed by atoms with van der Waals surface area (Å²) < 4.78 is 18.7. The summed E-state index contributed by atoms with van der Waals surface area (Å²) in [5, 5.41) is 13.0. The number of nitrogens with one attached hydrogen (secondary N) is 1. The third kappa shape index (κ3) is 5.60. The Morgan fingerprint density at radius 3 is 2.50 bits per heavy atom. The van der Waals surface area contributed by atoms with Gasteiger partial charge in [-0.05, 0) is 24.3 Å². The molecule has 1 heterocycles. The molecule has 0 spiro atoms. The summed E-state index contributed by atoms with van der Waals surface area (Å²) in [6.07, 6.45) is 1.50. The number of hydrogen-bond acceptors (Lipinski definition) is 8. The summed E-state index contributed by atoms with van der Waals surface area (Å²) in [4.78, 5) is 12.2. The van der Waals surface area contributed by atoms with Crippen molar-refractivity contribution in [3.63, 3.8) is 0 Å². The standard InChI is InChI=1S/C21H22BrN5O4S/c1-27-20(14-6-5-7-15(22)10-14)25-26-21(27)32-12-18(28)24-23-11-13-8-16(29-2)19(31-4)17(9-13)30-3/h5-11H,12H2,1-4H3,(H,24,28)/b23-11-. The Kier molecular flexibility index (Phi) is 8.12. The highest BCUT2D eigenvalue weighted by Gasteiger charge is 2.14. The smallest absolute Gasteiger partial charge is 0.250 e. The molecule has 0 atom stereocenters. The summed E-state index contributed by atoms with van der Waals surface area (Å²) in [6.45, 7) is 0. The summed E-state index contributed by atoms with van der Waals surface area (Å²) in [5.74, 6) is 2.06. The molecule has 168 valence electrons. The van der Waals surface area contributed by atoms with Crippen molar-refractivity contribution in [1.82, 2.24) is 20.2 Å². The first kappa shape index (κ1) is 23.6. The molecule has 3 aromatic rings. The average molecular weight is 520 g/mol. The van der Waals surface area contributed by atoms with Crippen molar-refractivity contribution in [2.75, 3.05) is 27.1 Å². The molecule has 0 bridgehead atoms. The number of halogens is 1. The maximum absolute atomic E-state index is 12.2. The van der Waals surface area contributed by atoms with Crippen LogP contribution in [0.5, 0.6) is 17.2 Å². The number of benzene rings is 2. The minimum Gasteiger partial charge on any atom is -0.493 e. The van der Waals surface area contributed by atoms with Gasteiger partial charge in [0.25, 0.3) is 5.91 Å². The fraction of sp³-hybridized carbons (Fsp3) is 0.238. The lowest BCUT2D eigenvalue weighted by molar-refractivity contribution is -0.118. The van der Waals surface area contributed by atoms with Gasteiger partial charge >= 0.3 is 0 Å². The quantitative estimate of drug-likeness (QED) is 0.262. The lowest BCUT2D eigenvalue weighted by Crippen LogP contribution is -2.19. The van der Waals surface area contributed by atoms with E-state index in [4.69, 9.17) is 14.2 Å². The molecule has 1 aromatic heterocycles. The molecule has 0 aliphatic carbocycles. The molecule has 0 fully saturated rings. The van der Waals surface area contributed by atoms with Crippen molar-refractivity contribution in [1.29, 1.82) is 0 Å². The minimum atomic E-state index is -0.273. The molecule has 0 saturated heterocycles. The zero-order chi connectivity index (χ0) is 23.1. The van der Waals surface area contributed by atoms with Gasteiger partial charge in [0.15, 0.2) is 22.5 Å². The van der Waals surface area contributed by atoms with Crippen molar-refractivity contribution in [3.05, 3.63) is 46.4 Å². The largest absolute Gasteiger partial charge is 0.493 e. The minimum absolute atomic E-state index is 0.136. The van der Waals surface area contributed by atoms with Crippen LogP contribution >= 0.6 is 27.7 Å². The molecule has 0 radical (unpaired) electrons. The van der Waals surface area contributed by atoms with Gasteiger partial charge in [-0.25, -0.2) is 5.43 Å². The molecular formula is C21H22BrN5O4S. The van der Waals surface area contributed by atoms with Crippen LogP contribution < -0.4 is 19.6 Å². The van der Waals surface area contributed by atoms with Crippen LogP contribution in [-0.2, 0) is 11.8 Å². The van der Waals surface area contributed by atoms with Gasteiger partial charge in [-0.1, -0.05) is 39.8 Å². The van der Waals surface area contributed by atoms with Crippen molar-refractivity contribution in [2.24, 2.45) is 12.1 Å². The highest BCUT2D eigenvalue weighted by Crippen LogP contribution is 2.37. The molecule has 0 aliphatic heterocycles. The zero-order valence-electron chi connectivity index (χ0n) is 18.0. The van der Waals surface area contributed by atoms with Crippen molar-refractivity contribution in [2.45, 2.75) is 5.16 Å². The Balaban J connectivity index is 1.60. The number of hydrogen-bond donors (Lipinski definition) is 1. The van der Waals surface area contributed by atoms with Crippen LogP contribution in [0.25, 0.3) is 11.4 Å². The third-order valence-corrected chi connectivity index (χ3v) is 5.85. The van der Waals surface area contributed by atoms with Gasteiger partial charge in [0.1, 0.15) is 0 Å². The van der Waals surface area contributed by atoms with Crippen molar-refractivity contribution in [3.8, 4) is 28.6 Å². The lowest BCUT2D eigenvalue weighted by Gasteiger charge is -2.12. The molecule has 0 aliphatic rings. The number of thioether (sulfide) groups is 1. The Labute approximate surface area is 198 Å². The second kappa shape index (κ2) is 11.0. The van der Waals surface area contributed by atoms with Crippen LogP contribution in [0.4, 0.5) is 0 Å². The number of methoxy groups -OCH3 is 3. The topological polar surface area (TPSA) is 99.9 Å². The van der Waals surface area contributed by atoms with E-state index in [2.05, 4.69) is 36.7 Å². The molecule has 0 saturated carbocycles. The van der Waals surface area contributed by atoms with Crippen molar-refractivity contribution < 1.29 is 19.0 Å². The predicted octanol–water partition coefficient (Wildman–Crippen LogP) is 3.51. The van der Waals surface area contributed by atoms with Gasteiger partial charge in [0.2, 0.25) is 5.75 Å². The molecule has 1 amide bonds. The third-order valence-electron chi connectivity index (χ3n) is 4.34. The average Bonchev–Trinajstić information content (AvgIpc) is 3.17. The zero-order valence-corrected chi connectivity index (χ0v) is 20.4. The molecule has 2 aromatic carbocycles. The Hall–Kier alpha value is -3.05. The second-order valence-corrected chi connectivity index (χ2v) is 8.27. The van der Waals surface area contributed by atoms with Crippen LogP contribution in [0.2, 0.25) is 0 Å². The van der Waals surface area contributed by atoms with E-state index in [0.717, 1.165) is 15.9 Å². The first-order valence-electron chi connectivity index (χ1n) is 9.36. The van der Waals surface area contributed by atoms with Crippen LogP contribution in [0.1, 0.15) is 5.56 Å². The predicted molar refractivity (Wildman–Crippen MR) is 127 cm³/mol. The van der Waals surface area contributed by atoms with Gasteiger partial charge in [0, 0.05) is 22.6 Å². The molecule has 9 nitrogen and oxygen atoms in total. The molecule has 0 unspecified atom stereocenters. The maximum atomic E-state index is 12.2. The van der Waals surface area contributed by atoms with Crippen LogP contribution in [-0.4, -0.2) is 54.0 Å². The fourth-order valence-electron chi connectivity index (χ4n) is 2.84. The Bertz CT molecular complexity index is 1110. The van der Waals surface area contributed by atoms with E-state index in [1.54, 1.807) is 12.1 Å². The SMILES string of the molecule is COc1cc(/C=N\NC(=O)CSc2nnc(-c3cccc(Br)c3)n2C)cc(OC)c1OC. The van der Waals surface area contributed by atoms with Crippen molar-refractivity contribution >= 4 is 39.8 Å². The van der Waals surface area contributed by atoms with Crippen LogP contribution in [0.15, 0.2) is 51.1 Å². The number of rotatable bonds is 9. The first-order chi connectivity index (χ1) is 15.5. The molecule has 3 rings (SSSR count). The van der Waals surface area contributed by atoms with E-state index in [-0.39, 0.29) is 11.7 Å². The number of aromatic nitrogens is 3. The van der Waals surface area contributed by atoms with E-state index in [9.17, 15) is 4.79 Å². The number of carbonyl (C=O) groups is 1. The van der Waals surface area contributed by atoms with E-state index in [1.807, 2.05) is 35.9 Å². The normalized spacial score (nSPS) is 10.9. The number of amides is 1. The van der Waals surface area contributed by atoms with Gasteiger partial charge in [-0.2, -0.15) is 5.10 Å². The summed E-state index contributed by atoms with van der Waals surface area (Å²) in [6, 6.07) is 11.2. The molecular weight excluding hydrogens is 498 g/mol. The monoisotopic (exact) mass is 519 g/mol. The summed E-state index contributed by atoms with van der Waals surface area (Å²) in [5.41, 5.74) is 4.11. The number of carbonyl (C=O) groups excluding carboxylic acids is 1. The Morgan fingerprint density at radius 2 is 1.88 bits per heavy atom. The lowest BCUT2D eigenvalue weighted by atomic mass is 10.2. The van der Waals surface area contributed by atoms with E-state index in [1.165, 1.54) is 39.3 Å². The Morgan fingerprint density at radius 1 is 1.16 bits per heavy atom. The molecule has 11 heteroatoms. The van der Waals surface area contributed by atoms with Gasteiger partial charge in [0.05, 0.1) is 33.3 Å². The second-order valence-electron chi connectivity index (χ2n) is 6.42. The number of ether oxygens (including phenoxy) is 3. The molecule has 32 heavy (non-hydrogen) atoms. The van der Waals surface area contributed by atoms with E-state index < -0.39 is 0 Å². The van der Waals surface area contributed by atoms with Crippen LogP contribution in [0.3, 0.4) is 0 Å². The van der Waals surface area contributed by atoms with E-state index in [0.29, 0.717) is 28.0 Å². The van der Waals surface area contributed by atoms with Gasteiger partial charge in [-0.3, -0.25) is 4.79 Å². The number of hydrazone groups is 1. The first-order valence-corrected chi connectivity index (χ1v) is 11.1.